The van der Waals surface area contributed by atoms with E-state index >= 15 is 0 Å². The number of aliphatic hydroxyl groups excluding tert-OH is 1. The van der Waals surface area contributed by atoms with Crippen LogP contribution in [-0.2, 0) is 38.3 Å². The minimum Gasteiger partial charge on any atom is -0.726 e. The van der Waals surface area contributed by atoms with Gasteiger partial charge in [-0.1, -0.05) is 83.1 Å². The number of hydrogen-bond acceptors (Lipinski definition) is 11. The van der Waals surface area contributed by atoms with Gasteiger partial charge in [-0.3, -0.25) is 4.18 Å². The molecule has 0 aromatic heterocycles. The van der Waals surface area contributed by atoms with Crippen molar-refractivity contribution in [2.45, 2.75) is 165 Å². The molecule has 264 valence electrons. The molecule has 2 bridgehead atoms. The summed E-state index contributed by atoms with van der Waals surface area (Å²) in [6.45, 7) is 2.58. The van der Waals surface area contributed by atoms with Crippen molar-refractivity contribution in [2.24, 2.45) is 5.73 Å². The molecule has 2 aliphatic rings. The Morgan fingerprint density at radius 3 is 2.17 bits per heavy atom. The van der Waals surface area contributed by atoms with Crippen molar-refractivity contribution in [1.82, 2.24) is 0 Å². The number of fused-ring (bicyclic) bond motifs is 2. The topological polar surface area (TPSA) is 167 Å². The summed E-state index contributed by atoms with van der Waals surface area (Å²) >= 11 is 0. The first kappa shape index (κ1) is 43.9. The fourth-order valence-corrected chi connectivity index (χ4v) is 6.45. The molecular weight excluding hydrogens is 625 g/mol. The summed E-state index contributed by atoms with van der Waals surface area (Å²) in [7, 11) is -4.70. The predicted octanol–water partition coefficient (Wildman–Crippen LogP) is 2.59. The average Bonchev–Trinajstić information content (AvgIpc) is 3.30. The molecule has 0 saturated carbocycles. The number of carbonyl (C=O) groups excluding carboxylic acids is 1. The molecule has 0 amide bonds. The Kier molecular flexibility index (Phi) is 24.6. The molecule has 0 spiro atoms. The van der Waals surface area contributed by atoms with Crippen molar-refractivity contribution in [3.8, 4) is 0 Å². The summed E-state index contributed by atoms with van der Waals surface area (Å²) in [6.07, 6.45) is 24.3. The van der Waals surface area contributed by atoms with Gasteiger partial charge in [-0.15, -0.1) is 0 Å². The molecule has 2 fully saturated rings. The van der Waals surface area contributed by atoms with Crippen LogP contribution in [0.4, 0.5) is 0 Å². The van der Waals surface area contributed by atoms with Gasteiger partial charge in [-0.25, -0.2) is 13.2 Å². The van der Waals surface area contributed by atoms with Crippen LogP contribution in [0.1, 0.15) is 135 Å². The van der Waals surface area contributed by atoms with Crippen LogP contribution in [0.15, 0.2) is 12.2 Å². The third-order valence-corrected chi connectivity index (χ3v) is 8.96. The summed E-state index contributed by atoms with van der Waals surface area (Å²) < 4.78 is 58.4. The number of ether oxygens (including phenoxy) is 4. The third kappa shape index (κ3) is 20.4. The van der Waals surface area contributed by atoms with Gasteiger partial charge in [-0.2, -0.15) is 0 Å². The van der Waals surface area contributed by atoms with Crippen molar-refractivity contribution in [3.63, 3.8) is 0 Å². The van der Waals surface area contributed by atoms with E-state index in [4.69, 9.17) is 24.7 Å². The molecule has 0 aliphatic carbocycles. The summed E-state index contributed by atoms with van der Waals surface area (Å²) in [6, 6.07) is -0.624. The van der Waals surface area contributed by atoms with Gasteiger partial charge in [0.25, 0.3) is 0 Å². The second-order valence-electron chi connectivity index (χ2n) is 12.6. The van der Waals surface area contributed by atoms with Crippen LogP contribution < -0.4 is 35.3 Å². The zero-order chi connectivity index (χ0) is 32.8. The largest absolute Gasteiger partial charge is 1.00 e. The SMILES string of the molecule is CCOC(=O)/C=C/CCCC[C@H]1OC2(CCCCCCCCCCCCCCCOC[C@H](N)COS(=O)(=O)[O-])CC[C@H](O)C1O2.[Na+]. The van der Waals surface area contributed by atoms with Crippen molar-refractivity contribution in [1.29, 1.82) is 0 Å². The Hall–Kier alpha value is -0.120. The summed E-state index contributed by atoms with van der Waals surface area (Å²) in [5.41, 5.74) is 5.64. The summed E-state index contributed by atoms with van der Waals surface area (Å²) in [5, 5.41) is 10.5. The molecule has 5 atom stereocenters. The van der Waals surface area contributed by atoms with E-state index in [0.717, 1.165) is 64.2 Å². The van der Waals surface area contributed by atoms with E-state index in [1.54, 1.807) is 6.92 Å². The number of hydrogen-bond donors (Lipinski definition) is 2. The molecule has 0 radical (unpaired) electrons. The Labute approximate surface area is 300 Å². The molecule has 46 heavy (non-hydrogen) atoms. The minimum absolute atomic E-state index is 0. The minimum atomic E-state index is -4.70. The van der Waals surface area contributed by atoms with Gasteiger partial charge < -0.3 is 34.3 Å². The smallest absolute Gasteiger partial charge is 0.726 e. The fraction of sp³-hybridized carbons (Fsp3) is 0.909. The summed E-state index contributed by atoms with van der Waals surface area (Å²) in [5.74, 6) is -0.805. The van der Waals surface area contributed by atoms with Gasteiger partial charge in [0.2, 0.25) is 10.4 Å². The van der Waals surface area contributed by atoms with Crippen LogP contribution in [0.3, 0.4) is 0 Å². The maximum absolute atomic E-state index is 11.4. The van der Waals surface area contributed by atoms with Crippen LogP contribution >= 0.6 is 0 Å². The zero-order valence-corrected chi connectivity index (χ0v) is 31.4. The fourth-order valence-electron chi connectivity index (χ4n) is 6.11. The second kappa shape index (κ2) is 25.8. The number of allylic oxidation sites excluding steroid dienone is 1. The van der Waals surface area contributed by atoms with Crippen LogP contribution in [0.5, 0.6) is 0 Å². The van der Waals surface area contributed by atoms with Crippen molar-refractivity contribution in [3.05, 3.63) is 12.2 Å². The maximum Gasteiger partial charge on any atom is 1.00 e. The van der Waals surface area contributed by atoms with E-state index < -0.39 is 28.3 Å². The Bertz CT molecular complexity index is 924. The van der Waals surface area contributed by atoms with Crippen LogP contribution in [-0.4, -0.2) is 80.6 Å². The number of nitrogens with two attached hydrogens (primary N) is 1. The van der Waals surface area contributed by atoms with Crippen LogP contribution in [0.25, 0.3) is 0 Å². The Morgan fingerprint density at radius 2 is 1.57 bits per heavy atom. The van der Waals surface area contributed by atoms with Crippen LogP contribution in [0, 0.1) is 0 Å². The molecule has 0 aromatic carbocycles. The average molecular weight is 686 g/mol. The van der Waals surface area contributed by atoms with E-state index in [1.165, 1.54) is 70.3 Å². The van der Waals surface area contributed by atoms with Crippen molar-refractivity contribution < 1.29 is 75.6 Å². The number of rotatable bonds is 28. The Morgan fingerprint density at radius 1 is 0.957 bits per heavy atom. The van der Waals surface area contributed by atoms with Crippen molar-refractivity contribution >= 4 is 16.4 Å². The predicted molar refractivity (Wildman–Crippen MR) is 171 cm³/mol. The first-order valence-electron chi connectivity index (χ1n) is 17.4. The molecule has 3 N–H and O–H groups in total. The number of carbonyl (C=O) groups is 1. The molecule has 2 aliphatic heterocycles. The van der Waals surface area contributed by atoms with Gasteiger partial charge in [0.1, 0.15) is 6.10 Å². The van der Waals surface area contributed by atoms with Gasteiger partial charge in [0, 0.05) is 25.5 Å². The van der Waals surface area contributed by atoms with Gasteiger partial charge >= 0.3 is 35.5 Å². The summed E-state index contributed by atoms with van der Waals surface area (Å²) in [4.78, 5) is 11.4. The molecular formula is C33H60NNaO10S. The van der Waals surface area contributed by atoms with E-state index in [1.807, 2.05) is 6.08 Å². The van der Waals surface area contributed by atoms with E-state index in [2.05, 4.69) is 4.18 Å². The molecule has 2 rings (SSSR count). The molecule has 2 saturated heterocycles. The monoisotopic (exact) mass is 685 g/mol. The number of esters is 1. The molecule has 0 aromatic rings. The molecule has 2 unspecified atom stereocenters. The van der Waals surface area contributed by atoms with Gasteiger partial charge in [0.15, 0.2) is 5.79 Å². The first-order valence-corrected chi connectivity index (χ1v) is 18.8. The van der Waals surface area contributed by atoms with Gasteiger partial charge in [-0.05, 0) is 45.4 Å². The van der Waals surface area contributed by atoms with Crippen LogP contribution in [0.2, 0.25) is 0 Å². The molecule has 13 heteroatoms. The molecule has 2 heterocycles. The Balaban J connectivity index is 0.0000106. The van der Waals surface area contributed by atoms with E-state index in [9.17, 15) is 22.9 Å². The first-order chi connectivity index (χ1) is 21.6. The normalized spacial score (nSPS) is 23.4. The van der Waals surface area contributed by atoms with E-state index in [0.29, 0.717) is 13.2 Å². The second-order valence-corrected chi connectivity index (χ2v) is 13.6. The van der Waals surface area contributed by atoms with Crippen molar-refractivity contribution in [2.75, 3.05) is 26.4 Å². The maximum atomic E-state index is 11.4. The quantitative estimate of drug-likeness (QED) is 0.0310. The molecule has 11 nitrogen and oxygen atoms in total. The zero-order valence-electron chi connectivity index (χ0n) is 28.5. The number of aliphatic hydroxyl groups is 1. The van der Waals surface area contributed by atoms with Gasteiger partial charge in [0.05, 0.1) is 38.1 Å². The number of unbranched alkanes of at least 4 members (excludes halogenated alkanes) is 14. The van der Waals surface area contributed by atoms with E-state index in [-0.39, 0.29) is 60.9 Å². The standard InChI is InChI=1S/C33H61NO10S.Na/c1-2-41-31(36)21-17-13-12-16-20-30-32-29(35)22-24-33(43-30,44-32)23-18-14-10-8-6-4-3-5-7-9-11-15-19-25-40-26-28(34)27-42-45(37,38)39;/h17,21,28-30,32,35H,2-16,18-20,22-27,34H2,1H3,(H,37,38,39);/q;+1/p-1/b21-17+;/t28-,29-,30+,32?,33?;/m0./s1. The third-order valence-electron chi connectivity index (χ3n) is 8.54.